The van der Waals surface area contributed by atoms with Crippen LogP contribution in [0.15, 0.2) is 48.8 Å². The summed E-state index contributed by atoms with van der Waals surface area (Å²) < 4.78 is 10.6. The first-order valence-corrected chi connectivity index (χ1v) is 6.95. The lowest BCUT2D eigenvalue weighted by Gasteiger charge is -2.11. The molecule has 3 rings (SSSR count). The summed E-state index contributed by atoms with van der Waals surface area (Å²) in [6.45, 7) is 0.620. The summed E-state index contributed by atoms with van der Waals surface area (Å²) in [5, 5.41) is 4.34. The van der Waals surface area contributed by atoms with Crippen LogP contribution in [0.1, 0.15) is 5.56 Å². The maximum absolute atomic E-state index is 5.29. The number of hydrogen-bond donors (Lipinski definition) is 1. The van der Waals surface area contributed by atoms with E-state index < -0.39 is 0 Å². The average Bonchev–Trinajstić information content (AvgIpc) is 2.59. The van der Waals surface area contributed by atoms with Crippen LogP contribution in [-0.4, -0.2) is 24.2 Å². The second kappa shape index (κ2) is 6.30. The van der Waals surface area contributed by atoms with Gasteiger partial charge in [-0.25, -0.2) is 9.97 Å². The van der Waals surface area contributed by atoms with Crippen LogP contribution in [0.25, 0.3) is 10.9 Å². The number of ether oxygens (including phenoxy) is 2. The van der Waals surface area contributed by atoms with Crippen molar-refractivity contribution in [3.63, 3.8) is 0 Å². The minimum absolute atomic E-state index is 0.620. The summed E-state index contributed by atoms with van der Waals surface area (Å²) >= 11 is 0. The lowest BCUT2D eigenvalue weighted by Crippen LogP contribution is -2.03. The Morgan fingerprint density at radius 1 is 0.955 bits per heavy atom. The molecule has 0 saturated carbocycles. The predicted molar refractivity (Wildman–Crippen MR) is 86.4 cm³/mol. The zero-order valence-electron chi connectivity index (χ0n) is 12.5. The minimum Gasteiger partial charge on any atom is -0.497 e. The number of benzene rings is 2. The van der Waals surface area contributed by atoms with Gasteiger partial charge in [0.25, 0.3) is 0 Å². The van der Waals surface area contributed by atoms with E-state index in [1.54, 1.807) is 20.5 Å². The quantitative estimate of drug-likeness (QED) is 0.783. The van der Waals surface area contributed by atoms with E-state index in [1.807, 2.05) is 42.5 Å². The van der Waals surface area contributed by atoms with Crippen molar-refractivity contribution in [3.05, 3.63) is 54.4 Å². The summed E-state index contributed by atoms with van der Waals surface area (Å²) in [4.78, 5) is 8.58. The van der Waals surface area contributed by atoms with Crippen LogP contribution < -0.4 is 14.8 Å². The number of nitrogens with one attached hydrogen (secondary N) is 1. The molecule has 1 heterocycles. The number of para-hydroxylation sites is 1. The molecule has 112 valence electrons. The Hall–Kier alpha value is -2.82. The van der Waals surface area contributed by atoms with E-state index in [4.69, 9.17) is 9.47 Å². The SMILES string of the molecule is COc1cc(CNc2ncnc3ccccc23)cc(OC)c1. The van der Waals surface area contributed by atoms with E-state index >= 15 is 0 Å². The fourth-order valence-electron chi connectivity index (χ4n) is 2.30. The molecule has 0 bridgehead atoms. The molecular weight excluding hydrogens is 278 g/mol. The highest BCUT2D eigenvalue weighted by Gasteiger charge is 2.05. The van der Waals surface area contributed by atoms with Gasteiger partial charge in [0.15, 0.2) is 0 Å². The van der Waals surface area contributed by atoms with Gasteiger partial charge in [-0.15, -0.1) is 0 Å². The van der Waals surface area contributed by atoms with E-state index in [0.29, 0.717) is 6.54 Å². The molecule has 0 aliphatic rings. The van der Waals surface area contributed by atoms with Gasteiger partial charge in [-0.2, -0.15) is 0 Å². The Kier molecular flexibility index (Phi) is 4.05. The highest BCUT2D eigenvalue weighted by atomic mass is 16.5. The molecule has 3 aromatic rings. The number of methoxy groups -OCH3 is 2. The van der Waals surface area contributed by atoms with Gasteiger partial charge < -0.3 is 14.8 Å². The minimum atomic E-state index is 0.620. The maximum atomic E-state index is 5.29. The summed E-state index contributed by atoms with van der Waals surface area (Å²) in [6.07, 6.45) is 1.57. The van der Waals surface area contributed by atoms with Crippen molar-refractivity contribution in [2.24, 2.45) is 0 Å². The van der Waals surface area contributed by atoms with E-state index in [2.05, 4.69) is 15.3 Å². The van der Waals surface area contributed by atoms with Gasteiger partial charge in [0.2, 0.25) is 0 Å². The van der Waals surface area contributed by atoms with Gasteiger partial charge >= 0.3 is 0 Å². The molecule has 2 aromatic carbocycles. The maximum Gasteiger partial charge on any atom is 0.137 e. The summed E-state index contributed by atoms with van der Waals surface area (Å²) in [5.41, 5.74) is 1.97. The first-order chi connectivity index (χ1) is 10.8. The van der Waals surface area contributed by atoms with E-state index in [1.165, 1.54) is 0 Å². The molecule has 0 amide bonds. The Balaban J connectivity index is 1.85. The number of rotatable bonds is 5. The lowest BCUT2D eigenvalue weighted by molar-refractivity contribution is 0.393. The predicted octanol–water partition coefficient (Wildman–Crippen LogP) is 3.26. The standard InChI is InChI=1S/C17H17N3O2/c1-21-13-7-12(8-14(9-13)22-2)10-18-17-15-5-3-4-6-16(15)19-11-20-17/h3-9,11H,10H2,1-2H3,(H,18,19,20). The summed E-state index contributed by atoms with van der Waals surface area (Å²) in [7, 11) is 3.29. The van der Waals surface area contributed by atoms with Crippen LogP contribution in [0, 0.1) is 0 Å². The highest BCUT2D eigenvalue weighted by Crippen LogP contribution is 2.24. The van der Waals surface area contributed by atoms with Crippen LogP contribution in [0.5, 0.6) is 11.5 Å². The third-order valence-corrected chi connectivity index (χ3v) is 3.41. The first kappa shape index (κ1) is 14.1. The molecule has 0 saturated heterocycles. The third-order valence-electron chi connectivity index (χ3n) is 3.41. The molecule has 0 fully saturated rings. The molecular formula is C17H17N3O2. The summed E-state index contributed by atoms with van der Waals surface area (Å²) in [5.74, 6) is 2.35. The van der Waals surface area contributed by atoms with E-state index in [0.717, 1.165) is 33.8 Å². The van der Waals surface area contributed by atoms with Gasteiger partial charge in [0.05, 0.1) is 19.7 Å². The van der Waals surface area contributed by atoms with Crippen molar-refractivity contribution >= 4 is 16.7 Å². The lowest BCUT2D eigenvalue weighted by atomic mass is 10.2. The average molecular weight is 295 g/mol. The zero-order valence-corrected chi connectivity index (χ0v) is 12.5. The smallest absolute Gasteiger partial charge is 0.137 e. The Morgan fingerprint density at radius 3 is 2.41 bits per heavy atom. The number of anilines is 1. The van der Waals surface area contributed by atoms with Crippen molar-refractivity contribution in [1.82, 2.24) is 9.97 Å². The zero-order chi connectivity index (χ0) is 15.4. The Bertz CT molecular complexity index is 762. The van der Waals surface area contributed by atoms with Crippen LogP contribution in [-0.2, 0) is 6.54 Å². The Morgan fingerprint density at radius 2 is 1.68 bits per heavy atom. The number of hydrogen-bond acceptors (Lipinski definition) is 5. The molecule has 0 atom stereocenters. The van der Waals surface area contributed by atoms with Gasteiger partial charge in [-0.3, -0.25) is 0 Å². The normalized spacial score (nSPS) is 10.5. The molecule has 5 heteroatoms. The topological polar surface area (TPSA) is 56.3 Å². The summed E-state index contributed by atoms with van der Waals surface area (Å²) in [6, 6.07) is 13.7. The van der Waals surface area contributed by atoms with E-state index in [9.17, 15) is 0 Å². The van der Waals surface area contributed by atoms with Crippen molar-refractivity contribution in [2.45, 2.75) is 6.54 Å². The second-order valence-corrected chi connectivity index (χ2v) is 4.81. The van der Waals surface area contributed by atoms with Gasteiger partial charge in [-0.05, 0) is 29.8 Å². The van der Waals surface area contributed by atoms with Crippen LogP contribution in [0.4, 0.5) is 5.82 Å². The van der Waals surface area contributed by atoms with Crippen molar-refractivity contribution < 1.29 is 9.47 Å². The largest absolute Gasteiger partial charge is 0.497 e. The Labute approximate surface area is 128 Å². The second-order valence-electron chi connectivity index (χ2n) is 4.81. The van der Waals surface area contributed by atoms with Crippen LogP contribution >= 0.6 is 0 Å². The number of fused-ring (bicyclic) bond motifs is 1. The van der Waals surface area contributed by atoms with E-state index in [-0.39, 0.29) is 0 Å². The number of nitrogens with zero attached hydrogens (tertiary/aromatic N) is 2. The van der Waals surface area contributed by atoms with Crippen molar-refractivity contribution in [3.8, 4) is 11.5 Å². The van der Waals surface area contributed by atoms with Crippen molar-refractivity contribution in [1.29, 1.82) is 0 Å². The molecule has 0 aliphatic carbocycles. The molecule has 1 N–H and O–H groups in total. The molecule has 0 spiro atoms. The molecule has 1 aromatic heterocycles. The highest BCUT2D eigenvalue weighted by molar-refractivity contribution is 5.88. The van der Waals surface area contributed by atoms with Crippen LogP contribution in [0.2, 0.25) is 0 Å². The van der Waals surface area contributed by atoms with Gasteiger partial charge in [0, 0.05) is 18.0 Å². The monoisotopic (exact) mass is 295 g/mol. The number of aromatic nitrogens is 2. The fourth-order valence-corrected chi connectivity index (χ4v) is 2.30. The molecule has 0 unspecified atom stereocenters. The fraction of sp³-hybridized carbons (Fsp3) is 0.176. The first-order valence-electron chi connectivity index (χ1n) is 6.95. The molecule has 22 heavy (non-hydrogen) atoms. The van der Waals surface area contributed by atoms with Crippen LogP contribution in [0.3, 0.4) is 0 Å². The van der Waals surface area contributed by atoms with Gasteiger partial charge in [-0.1, -0.05) is 12.1 Å². The molecule has 0 aliphatic heterocycles. The third kappa shape index (κ3) is 2.93. The molecule has 0 radical (unpaired) electrons. The van der Waals surface area contributed by atoms with Crippen molar-refractivity contribution in [2.75, 3.05) is 19.5 Å². The molecule has 5 nitrogen and oxygen atoms in total. The van der Waals surface area contributed by atoms with Gasteiger partial charge in [0.1, 0.15) is 23.6 Å².